The fourth-order valence-electron chi connectivity index (χ4n) is 7.62. The number of nitrogens with one attached hydrogen (secondary N) is 4. The monoisotopic (exact) mass is 756 g/mol. The molecule has 2 atom stereocenters. The number of nitrogens with zero attached hydrogens (tertiary/aromatic N) is 6. The number of aryl methyl sites for hydroxylation is 1. The molecule has 13 heteroatoms. The summed E-state index contributed by atoms with van der Waals surface area (Å²) in [6, 6.07) is 8.78. The van der Waals surface area contributed by atoms with Crippen molar-refractivity contribution in [3.8, 4) is 0 Å². The highest BCUT2D eigenvalue weighted by Crippen LogP contribution is 2.43. The van der Waals surface area contributed by atoms with E-state index in [0.29, 0.717) is 44.3 Å². The van der Waals surface area contributed by atoms with E-state index >= 15 is 0 Å². The molecule has 11 nitrogen and oxygen atoms in total. The van der Waals surface area contributed by atoms with Crippen LogP contribution in [0.2, 0.25) is 0 Å². The zero-order valence-electron chi connectivity index (χ0n) is 29.2. The minimum absolute atomic E-state index is 0.416. The zero-order valence-corrected chi connectivity index (χ0v) is 31.7. The summed E-state index contributed by atoms with van der Waals surface area (Å²) in [4.78, 5) is 23.7. The molecule has 2 aromatic heterocycles. The molecule has 0 unspecified atom stereocenters. The third-order valence-corrected chi connectivity index (χ3v) is 12.4. The molecular weight excluding hydrogens is 711 g/mol. The molecule has 7 rings (SSSR count). The number of fused-ring (bicyclic) bond motifs is 2. The molecule has 262 valence electrons. The number of halogens is 1. The molecular formula is C37H46BrN10OP. The van der Waals surface area contributed by atoms with E-state index in [9.17, 15) is 4.57 Å². The van der Waals surface area contributed by atoms with Gasteiger partial charge in [0.15, 0.2) is 0 Å². The molecule has 2 saturated heterocycles. The number of piperidine rings is 1. The van der Waals surface area contributed by atoms with Crippen LogP contribution in [0.25, 0.3) is 16.6 Å². The highest BCUT2D eigenvalue weighted by molar-refractivity contribution is 9.10. The Hall–Kier alpha value is -3.86. The highest BCUT2D eigenvalue weighted by Gasteiger charge is 2.40. The van der Waals surface area contributed by atoms with Crippen LogP contribution in [-0.4, -0.2) is 83.6 Å². The van der Waals surface area contributed by atoms with Gasteiger partial charge in [-0.15, -0.1) is 0 Å². The Bertz CT molecular complexity index is 1990. The van der Waals surface area contributed by atoms with Crippen molar-refractivity contribution in [2.75, 3.05) is 62.1 Å². The topological polar surface area (TPSA) is 135 Å². The molecule has 1 aliphatic carbocycles. The minimum Gasteiger partial charge on any atom is -0.393 e. The van der Waals surface area contributed by atoms with Crippen molar-refractivity contribution in [3.05, 3.63) is 64.7 Å². The summed E-state index contributed by atoms with van der Waals surface area (Å²) in [5.74, 6) is 2.60. The van der Waals surface area contributed by atoms with Gasteiger partial charge in [-0.1, -0.05) is 6.92 Å². The molecule has 0 amide bonds. The number of aromatic nitrogens is 4. The first-order chi connectivity index (χ1) is 24.2. The van der Waals surface area contributed by atoms with Gasteiger partial charge in [0.1, 0.15) is 18.5 Å². The van der Waals surface area contributed by atoms with Gasteiger partial charge in [-0.2, -0.15) is 4.98 Å². The van der Waals surface area contributed by atoms with Gasteiger partial charge in [-0.05, 0) is 110 Å². The lowest BCUT2D eigenvalue weighted by atomic mass is 9.90. The van der Waals surface area contributed by atoms with E-state index in [0.717, 1.165) is 53.7 Å². The second kappa shape index (κ2) is 14.4. The van der Waals surface area contributed by atoms with Crippen molar-refractivity contribution in [2.24, 2.45) is 11.8 Å². The lowest BCUT2D eigenvalue weighted by Crippen LogP contribution is -2.49. The Morgan fingerprint density at radius 3 is 2.60 bits per heavy atom. The third-order valence-electron chi connectivity index (χ3n) is 10.3. The average Bonchev–Trinajstić information content (AvgIpc) is 3.85. The minimum atomic E-state index is -2.76. The second-order valence-corrected chi connectivity index (χ2v) is 18.1. The number of hydrogen-bond donors (Lipinski definition) is 4. The molecule has 0 bridgehead atoms. The fourth-order valence-corrected chi connectivity index (χ4v) is 9.31. The standard InChI is InChI=1S/C37H46BrN10OP/c1-5-24-16-32(48-15-11-25-10-14-47(33(25)22-48)21-23-6-7-23)27(26(18-39)19-40-2)17-31(24)45-37-43-20-28(38)36(46-37)44-30-9-8-29-34(42-13-12-41-29)35(30)50(3,4)49/h8-9,12-13,16-20,23,25,33,39-40H,5-7,10-11,14-15,21-22H2,1-4H3,(H2,43,44,45,46)/b26-19+,39-18?/t25-,33+/m1/s1. The van der Waals surface area contributed by atoms with E-state index in [1.54, 1.807) is 31.9 Å². The molecule has 0 spiro atoms. The van der Waals surface area contributed by atoms with Gasteiger partial charge in [0.05, 0.1) is 21.0 Å². The highest BCUT2D eigenvalue weighted by atomic mass is 79.9. The summed E-state index contributed by atoms with van der Waals surface area (Å²) in [6.07, 6.45) is 14.4. The van der Waals surface area contributed by atoms with Crippen LogP contribution in [0.15, 0.2) is 53.5 Å². The molecule has 4 aromatic rings. The van der Waals surface area contributed by atoms with Crippen molar-refractivity contribution in [3.63, 3.8) is 0 Å². The first-order valence-electron chi connectivity index (χ1n) is 17.6. The molecule has 4 heterocycles. The van der Waals surface area contributed by atoms with E-state index < -0.39 is 7.14 Å². The molecule has 50 heavy (non-hydrogen) atoms. The number of hydrogen-bond acceptors (Lipinski definition) is 11. The first kappa shape index (κ1) is 34.6. The van der Waals surface area contributed by atoms with Crippen LogP contribution in [0.5, 0.6) is 0 Å². The van der Waals surface area contributed by atoms with E-state index in [-0.39, 0.29) is 0 Å². The molecule has 3 aliphatic rings. The van der Waals surface area contributed by atoms with Crippen molar-refractivity contribution < 1.29 is 4.57 Å². The quantitative estimate of drug-likeness (QED) is 0.0884. The van der Waals surface area contributed by atoms with Gasteiger partial charge >= 0.3 is 0 Å². The lowest BCUT2D eigenvalue weighted by Gasteiger charge is -2.41. The van der Waals surface area contributed by atoms with Crippen molar-refractivity contribution in [1.82, 2.24) is 30.2 Å². The van der Waals surface area contributed by atoms with Crippen molar-refractivity contribution >= 4 is 80.0 Å². The number of rotatable bonds is 12. The molecule has 4 N–H and O–H groups in total. The summed E-state index contributed by atoms with van der Waals surface area (Å²) < 4.78 is 14.2. The maximum absolute atomic E-state index is 13.5. The molecule has 2 aliphatic heterocycles. The van der Waals surface area contributed by atoms with Crippen LogP contribution in [0.4, 0.5) is 28.8 Å². The van der Waals surface area contributed by atoms with E-state index in [1.165, 1.54) is 50.7 Å². The second-order valence-electron chi connectivity index (χ2n) is 14.1. The van der Waals surface area contributed by atoms with Crippen molar-refractivity contribution in [2.45, 2.75) is 45.1 Å². The smallest absolute Gasteiger partial charge is 0.229 e. The number of allylic oxidation sites excluding steroid dienone is 1. The van der Waals surface area contributed by atoms with Crippen molar-refractivity contribution in [1.29, 1.82) is 5.41 Å². The van der Waals surface area contributed by atoms with Crippen LogP contribution < -0.4 is 26.2 Å². The molecule has 0 radical (unpaired) electrons. The van der Waals surface area contributed by atoms with Crippen LogP contribution in [0.3, 0.4) is 0 Å². The first-order valence-corrected chi connectivity index (χ1v) is 21.0. The molecule has 1 saturated carbocycles. The Kier molecular flexibility index (Phi) is 9.96. The van der Waals surface area contributed by atoms with Crippen LogP contribution in [0, 0.1) is 17.2 Å². The predicted octanol–water partition coefficient (Wildman–Crippen LogP) is 7.00. The SMILES string of the molecule is CCc1cc(N2CC[C@H]3CCN(CC4CC4)[C@H]3C2)c(/C(C=N)=C/NC)cc1Nc1ncc(Br)c(Nc2ccc3nccnc3c2P(C)(C)=O)n1. The number of anilines is 5. The predicted molar refractivity (Wildman–Crippen MR) is 210 cm³/mol. The van der Waals surface area contributed by atoms with E-state index in [1.807, 2.05) is 25.4 Å². The van der Waals surface area contributed by atoms with E-state index in [2.05, 4.69) is 75.7 Å². The Balaban J connectivity index is 1.22. The number of benzene rings is 2. The zero-order chi connectivity index (χ0) is 35.0. The maximum atomic E-state index is 13.5. The largest absolute Gasteiger partial charge is 0.393 e. The van der Waals surface area contributed by atoms with Gasteiger partial charge in [-0.3, -0.25) is 14.9 Å². The van der Waals surface area contributed by atoms with E-state index in [4.69, 9.17) is 10.4 Å². The van der Waals surface area contributed by atoms with Gasteiger partial charge in [-0.25, -0.2) is 4.98 Å². The summed E-state index contributed by atoms with van der Waals surface area (Å²) in [7, 11) is -0.888. The summed E-state index contributed by atoms with van der Waals surface area (Å²) in [5, 5.41) is 19.1. The Morgan fingerprint density at radius 1 is 1.06 bits per heavy atom. The van der Waals surface area contributed by atoms with Gasteiger partial charge in [0.2, 0.25) is 5.95 Å². The summed E-state index contributed by atoms with van der Waals surface area (Å²) in [6.45, 7) is 10.1. The molecule has 2 aromatic carbocycles. The van der Waals surface area contributed by atoms with Gasteiger partial charge in [0, 0.05) is 86.2 Å². The lowest BCUT2D eigenvalue weighted by molar-refractivity contribution is 0.201. The Labute approximate surface area is 302 Å². The fraction of sp³-hybridized carbons (Fsp3) is 0.432. The maximum Gasteiger partial charge on any atom is 0.229 e. The van der Waals surface area contributed by atoms with Gasteiger partial charge < -0.3 is 30.8 Å². The van der Waals surface area contributed by atoms with Crippen LogP contribution in [-0.2, 0) is 11.0 Å². The third kappa shape index (κ3) is 7.16. The summed E-state index contributed by atoms with van der Waals surface area (Å²) >= 11 is 3.62. The Morgan fingerprint density at radius 2 is 1.86 bits per heavy atom. The normalized spacial score (nSPS) is 19.8. The average molecular weight is 758 g/mol. The van der Waals surface area contributed by atoms with Gasteiger partial charge in [0.25, 0.3) is 0 Å². The molecule has 3 fully saturated rings. The number of likely N-dealkylation sites (tertiary alicyclic amines) is 1. The van der Waals surface area contributed by atoms with Crippen LogP contribution in [0.1, 0.15) is 43.7 Å². The van der Waals surface area contributed by atoms with Crippen LogP contribution >= 0.6 is 23.1 Å². The summed E-state index contributed by atoms with van der Waals surface area (Å²) in [5.41, 5.74) is 6.98.